The number of amides is 3. The monoisotopic (exact) mass is 372 g/mol. The third-order valence-corrected chi connectivity index (χ3v) is 4.27. The van der Waals surface area contributed by atoms with E-state index in [-0.39, 0.29) is 23.6 Å². The highest BCUT2D eigenvalue weighted by Crippen LogP contribution is 2.19. The van der Waals surface area contributed by atoms with Crippen LogP contribution in [-0.2, 0) is 20.8 Å². The van der Waals surface area contributed by atoms with Gasteiger partial charge in [0.2, 0.25) is 17.7 Å². The Morgan fingerprint density at radius 3 is 2.37 bits per heavy atom. The van der Waals surface area contributed by atoms with E-state index in [0.29, 0.717) is 25.9 Å². The number of carbonyl (C=O) groups excluding carboxylic acids is 3. The molecule has 1 heterocycles. The Kier molecular flexibility index (Phi) is 7.40. The lowest BCUT2D eigenvalue weighted by molar-refractivity contribution is -0.128. The number of nitrogens with one attached hydrogen (secondary N) is 4. The molecule has 1 unspecified atom stereocenters. The van der Waals surface area contributed by atoms with Crippen LogP contribution in [0.25, 0.3) is 10.9 Å². The van der Waals surface area contributed by atoms with Gasteiger partial charge >= 0.3 is 0 Å². The van der Waals surface area contributed by atoms with Crippen LogP contribution in [0.3, 0.4) is 0 Å². The van der Waals surface area contributed by atoms with Crippen LogP contribution in [0.5, 0.6) is 0 Å². The quantitative estimate of drug-likeness (QED) is 0.502. The number of hydrogen-bond acceptors (Lipinski definition) is 3. The second kappa shape index (κ2) is 9.75. The molecular weight excluding hydrogens is 344 g/mol. The van der Waals surface area contributed by atoms with Crippen LogP contribution in [-0.4, -0.2) is 41.8 Å². The van der Waals surface area contributed by atoms with Gasteiger partial charge in [0.1, 0.15) is 6.04 Å². The van der Waals surface area contributed by atoms with Crippen LogP contribution < -0.4 is 16.0 Å². The first kappa shape index (κ1) is 20.5. The van der Waals surface area contributed by atoms with E-state index in [1.165, 1.54) is 6.92 Å². The molecule has 1 atom stereocenters. The number of carbonyl (C=O) groups is 3. The fourth-order valence-electron chi connectivity index (χ4n) is 2.81. The van der Waals surface area contributed by atoms with E-state index in [1.807, 2.05) is 44.3 Å². The van der Waals surface area contributed by atoms with E-state index in [2.05, 4.69) is 20.9 Å². The van der Waals surface area contributed by atoms with E-state index < -0.39 is 6.04 Å². The molecule has 0 aliphatic rings. The molecule has 0 fully saturated rings. The molecule has 0 saturated carbocycles. The molecule has 0 aliphatic carbocycles. The van der Waals surface area contributed by atoms with Gasteiger partial charge < -0.3 is 20.9 Å². The molecular formula is C20H28N4O3. The number of aromatic amines is 1. The summed E-state index contributed by atoms with van der Waals surface area (Å²) in [5.74, 6) is -0.540. The Labute approximate surface area is 159 Å². The van der Waals surface area contributed by atoms with Gasteiger partial charge in [-0.25, -0.2) is 0 Å². The summed E-state index contributed by atoms with van der Waals surface area (Å²) >= 11 is 0. The molecule has 0 radical (unpaired) electrons. The normalized spacial score (nSPS) is 12.0. The fourth-order valence-corrected chi connectivity index (χ4v) is 2.81. The van der Waals surface area contributed by atoms with E-state index in [1.54, 1.807) is 0 Å². The van der Waals surface area contributed by atoms with Crippen molar-refractivity contribution in [3.8, 4) is 0 Å². The zero-order chi connectivity index (χ0) is 19.8. The number of para-hydroxylation sites is 1. The predicted molar refractivity (Wildman–Crippen MR) is 105 cm³/mol. The minimum Gasteiger partial charge on any atom is -0.361 e. The minimum absolute atomic E-state index is 0.00298. The summed E-state index contributed by atoms with van der Waals surface area (Å²) in [7, 11) is 0. The van der Waals surface area contributed by atoms with Crippen LogP contribution in [0.4, 0.5) is 0 Å². The maximum Gasteiger partial charge on any atom is 0.242 e. The Hall–Kier alpha value is -2.83. The summed E-state index contributed by atoms with van der Waals surface area (Å²) in [6, 6.07) is 7.20. The molecule has 2 aromatic rings. The van der Waals surface area contributed by atoms with Crippen molar-refractivity contribution < 1.29 is 14.4 Å². The first-order chi connectivity index (χ1) is 12.9. The van der Waals surface area contributed by atoms with Crippen molar-refractivity contribution in [1.82, 2.24) is 20.9 Å². The van der Waals surface area contributed by atoms with Crippen molar-refractivity contribution in [1.29, 1.82) is 0 Å². The van der Waals surface area contributed by atoms with Crippen molar-refractivity contribution in [3.05, 3.63) is 36.0 Å². The largest absolute Gasteiger partial charge is 0.361 e. The average Bonchev–Trinajstić information content (AvgIpc) is 3.03. The third kappa shape index (κ3) is 6.13. The first-order valence-electron chi connectivity index (χ1n) is 9.26. The van der Waals surface area contributed by atoms with Gasteiger partial charge in [-0.3, -0.25) is 14.4 Å². The van der Waals surface area contributed by atoms with Gasteiger partial charge in [-0.05, 0) is 18.1 Å². The highest BCUT2D eigenvalue weighted by molar-refractivity contribution is 5.89. The zero-order valence-electron chi connectivity index (χ0n) is 16.1. The standard InChI is InChI=1S/C20H28N4O3/c1-13(2)19(26)21-9-6-10-22-20(27)18(24-14(3)25)11-15-12-23-17-8-5-4-7-16(15)17/h4-5,7-8,12-13,18,23H,6,9-11H2,1-3H3,(H,21,26)(H,22,27)(H,24,25). The van der Waals surface area contributed by atoms with Crippen molar-refractivity contribution >= 4 is 28.6 Å². The molecule has 3 amide bonds. The van der Waals surface area contributed by atoms with E-state index in [0.717, 1.165) is 16.5 Å². The summed E-state index contributed by atoms with van der Waals surface area (Å²) < 4.78 is 0. The fraction of sp³-hybridized carbons (Fsp3) is 0.450. The highest BCUT2D eigenvalue weighted by atomic mass is 16.2. The lowest BCUT2D eigenvalue weighted by Crippen LogP contribution is -2.47. The van der Waals surface area contributed by atoms with Crippen LogP contribution >= 0.6 is 0 Å². The molecule has 7 nitrogen and oxygen atoms in total. The lowest BCUT2D eigenvalue weighted by Gasteiger charge is -2.17. The maximum atomic E-state index is 12.5. The molecule has 7 heteroatoms. The smallest absolute Gasteiger partial charge is 0.242 e. The number of fused-ring (bicyclic) bond motifs is 1. The van der Waals surface area contributed by atoms with Gasteiger partial charge in [-0.2, -0.15) is 0 Å². The average molecular weight is 372 g/mol. The van der Waals surface area contributed by atoms with E-state index in [4.69, 9.17) is 0 Å². The molecule has 1 aromatic heterocycles. The molecule has 0 saturated heterocycles. The molecule has 0 spiro atoms. The number of aromatic nitrogens is 1. The second-order valence-corrected chi connectivity index (χ2v) is 6.91. The van der Waals surface area contributed by atoms with Gasteiger partial charge in [-0.1, -0.05) is 32.0 Å². The topological polar surface area (TPSA) is 103 Å². The summed E-state index contributed by atoms with van der Waals surface area (Å²) in [5, 5.41) is 9.41. The molecule has 27 heavy (non-hydrogen) atoms. The van der Waals surface area contributed by atoms with E-state index >= 15 is 0 Å². The molecule has 146 valence electrons. The Morgan fingerprint density at radius 1 is 1.04 bits per heavy atom. The second-order valence-electron chi connectivity index (χ2n) is 6.91. The Morgan fingerprint density at radius 2 is 1.70 bits per heavy atom. The van der Waals surface area contributed by atoms with Crippen LogP contribution in [0.1, 0.15) is 32.8 Å². The summed E-state index contributed by atoms with van der Waals surface area (Å²) in [6.07, 6.45) is 2.90. The molecule has 2 rings (SSSR count). The summed E-state index contributed by atoms with van der Waals surface area (Å²) in [5.41, 5.74) is 1.97. The number of H-pyrrole nitrogens is 1. The number of hydrogen-bond donors (Lipinski definition) is 4. The predicted octanol–water partition coefficient (Wildman–Crippen LogP) is 1.49. The third-order valence-electron chi connectivity index (χ3n) is 4.27. The number of benzene rings is 1. The first-order valence-corrected chi connectivity index (χ1v) is 9.26. The molecule has 0 bridgehead atoms. The van der Waals surface area contributed by atoms with Gasteiger partial charge in [-0.15, -0.1) is 0 Å². The van der Waals surface area contributed by atoms with Crippen LogP contribution in [0.2, 0.25) is 0 Å². The van der Waals surface area contributed by atoms with Crippen molar-refractivity contribution in [2.75, 3.05) is 13.1 Å². The molecule has 1 aromatic carbocycles. The SMILES string of the molecule is CC(=O)NC(Cc1c[nH]c2ccccc12)C(=O)NCCCNC(=O)C(C)C. The summed E-state index contributed by atoms with van der Waals surface area (Å²) in [6.45, 7) is 6.00. The van der Waals surface area contributed by atoms with Crippen molar-refractivity contribution in [2.24, 2.45) is 5.92 Å². The van der Waals surface area contributed by atoms with Crippen LogP contribution in [0.15, 0.2) is 30.5 Å². The minimum atomic E-state index is -0.646. The van der Waals surface area contributed by atoms with Crippen LogP contribution in [0, 0.1) is 5.92 Å². The van der Waals surface area contributed by atoms with Crippen molar-refractivity contribution in [3.63, 3.8) is 0 Å². The van der Waals surface area contributed by atoms with E-state index in [9.17, 15) is 14.4 Å². The lowest BCUT2D eigenvalue weighted by atomic mass is 10.0. The molecule has 4 N–H and O–H groups in total. The Balaban J connectivity index is 1.90. The van der Waals surface area contributed by atoms with Gasteiger partial charge in [0.25, 0.3) is 0 Å². The Bertz CT molecular complexity index is 797. The van der Waals surface area contributed by atoms with Gasteiger partial charge in [0.05, 0.1) is 0 Å². The highest BCUT2D eigenvalue weighted by Gasteiger charge is 2.21. The zero-order valence-corrected chi connectivity index (χ0v) is 16.1. The summed E-state index contributed by atoms with van der Waals surface area (Å²) in [4.78, 5) is 38.7. The van der Waals surface area contributed by atoms with Crippen molar-refractivity contribution in [2.45, 2.75) is 39.7 Å². The van der Waals surface area contributed by atoms with Gasteiger partial charge in [0, 0.05) is 49.5 Å². The molecule has 0 aliphatic heterocycles. The number of rotatable bonds is 9. The van der Waals surface area contributed by atoms with Gasteiger partial charge in [0.15, 0.2) is 0 Å². The maximum absolute atomic E-state index is 12.5.